The van der Waals surface area contributed by atoms with Crippen molar-refractivity contribution in [3.63, 3.8) is 0 Å². The number of nitriles is 1. The Hall–Kier alpha value is -1.08. The van der Waals surface area contributed by atoms with Crippen LogP contribution in [0.2, 0.25) is 0 Å². The smallest absolute Gasteiger partial charge is 0.309 e. The molecule has 0 amide bonds. The SMILES string of the molecule is CCCCCCNC1CCC(C(=O)OC2CCC(C#N)CC2)CC1. The van der Waals surface area contributed by atoms with E-state index in [1.165, 1.54) is 25.7 Å². The molecular formula is C20H34N2O2. The summed E-state index contributed by atoms with van der Waals surface area (Å²) in [6.07, 6.45) is 12.8. The van der Waals surface area contributed by atoms with Gasteiger partial charge in [-0.1, -0.05) is 26.2 Å². The van der Waals surface area contributed by atoms with Gasteiger partial charge in [0.15, 0.2) is 0 Å². The number of esters is 1. The summed E-state index contributed by atoms with van der Waals surface area (Å²) in [7, 11) is 0. The summed E-state index contributed by atoms with van der Waals surface area (Å²) >= 11 is 0. The van der Waals surface area contributed by atoms with E-state index in [1.54, 1.807) is 0 Å². The molecule has 0 spiro atoms. The van der Waals surface area contributed by atoms with Crippen molar-refractivity contribution in [2.75, 3.05) is 6.54 Å². The average Bonchev–Trinajstić information content (AvgIpc) is 2.62. The van der Waals surface area contributed by atoms with Gasteiger partial charge in [-0.2, -0.15) is 5.26 Å². The van der Waals surface area contributed by atoms with E-state index < -0.39 is 0 Å². The zero-order chi connectivity index (χ0) is 17.2. The van der Waals surface area contributed by atoms with Crippen LogP contribution in [-0.2, 0) is 9.53 Å². The second-order valence-electron chi connectivity index (χ2n) is 7.60. The van der Waals surface area contributed by atoms with Crippen molar-refractivity contribution in [2.24, 2.45) is 11.8 Å². The molecule has 2 aliphatic carbocycles. The zero-order valence-corrected chi connectivity index (χ0v) is 15.3. The Bertz CT molecular complexity index is 402. The number of rotatable bonds is 8. The van der Waals surface area contributed by atoms with Gasteiger partial charge in [0.2, 0.25) is 0 Å². The number of unbranched alkanes of at least 4 members (excludes halogenated alkanes) is 3. The fourth-order valence-corrected chi connectivity index (χ4v) is 3.96. The van der Waals surface area contributed by atoms with Crippen molar-refractivity contribution < 1.29 is 9.53 Å². The standard InChI is InChI=1S/C20H34N2O2/c1-2-3-4-5-14-22-18-10-8-17(9-11-18)20(23)24-19-12-6-16(15-21)7-13-19/h16-19,22H,2-14H2,1H3. The van der Waals surface area contributed by atoms with Gasteiger partial charge in [0, 0.05) is 12.0 Å². The number of carbonyl (C=O) groups is 1. The maximum Gasteiger partial charge on any atom is 0.309 e. The van der Waals surface area contributed by atoms with Crippen LogP contribution in [0.3, 0.4) is 0 Å². The minimum absolute atomic E-state index is 0.0109. The fourth-order valence-electron chi connectivity index (χ4n) is 3.96. The molecule has 4 heteroatoms. The van der Waals surface area contributed by atoms with E-state index in [9.17, 15) is 4.79 Å². The molecule has 2 aliphatic rings. The fraction of sp³-hybridized carbons (Fsp3) is 0.900. The van der Waals surface area contributed by atoms with Gasteiger partial charge in [0.05, 0.1) is 12.0 Å². The highest BCUT2D eigenvalue weighted by Crippen LogP contribution is 2.29. The summed E-state index contributed by atoms with van der Waals surface area (Å²) in [5.41, 5.74) is 0. The second kappa shape index (κ2) is 10.7. The van der Waals surface area contributed by atoms with E-state index in [4.69, 9.17) is 10.00 Å². The molecule has 1 N–H and O–H groups in total. The minimum Gasteiger partial charge on any atom is -0.462 e. The molecular weight excluding hydrogens is 300 g/mol. The molecule has 2 fully saturated rings. The Morgan fingerprint density at radius 1 is 1.04 bits per heavy atom. The van der Waals surface area contributed by atoms with Crippen molar-refractivity contribution in [2.45, 2.75) is 96.1 Å². The molecule has 0 aromatic heterocycles. The third-order valence-corrected chi connectivity index (χ3v) is 5.66. The summed E-state index contributed by atoms with van der Waals surface area (Å²) < 4.78 is 5.72. The Balaban J connectivity index is 1.58. The van der Waals surface area contributed by atoms with E-state index in [0.717, 1.165) is 57.9 Å². The molecule has 0 bridgehead atoms. The van der Waals surface area contributed by atoms with Crippen LogP contribution in [0, 0.1) is 23.2 Å². The first-order valence-electron chi connectivity index (χ1n) is 10.1. The van der Waals surface area contributed by atoms with Crippen LogP contribution in [0.4, 0.5) is 0 Å². The van der Waals surface area contributed by atoms with E-state index in [-0.39, 0.29) is 23.9 Å². The Morgan fingerprint density at radius 2 is 1.75 bits per heavy atom. The highest BCUT2D eigenvalue weighted by Gasteiger charge is 2.30. The van der Waals surface area contributed by atoms with Crippen LogP contribution >= 0.6 is 0 Å². The quantitative estimate of drug-likeness (QED) is 0.530. The summed E-state index contributed by atoms with van der Waals surface area (Å²) in [6.45, 7) is 3.35. The molecule has 0 saturated heterocycles. The van der Waals surface area contributed by atoms with Gasteiger partial charge in [-0.15, -0.1) is 0 Å². The monoisotopic (exact) mass is 334 g/mol. The van der Waals surface area contributed by atoms with Gasteiger partial charge >= 0.3 is 5.97 Å². The van der Waals surface area contributed by atoms with Crippen LogP contribution in [0.5, 0.6) is 0 Å². The largest absolute Gasteiger partial charge is 0.462 e. The summed E-state index contributed by atoms with van der Waals surface area (Å²) in [5, 5.41) is 12.6. The van der Waals surface area contributed by atoms with Gasteiger partial charge < -0.3 is 10.1 Å². The van der Waals surface area contributed by atoms with Gasteiger partial charge in [0.25, 0.3) is 0 Å². The van der Waals surface area contributed by atoms with Crippen LogP contribution in [0.1, 0.15) is 84.0 Å². The Labute approximate surface area is 147 Å². The molecule has 0 unspecified atom stereocenters. The molecule has 24 heavy (non-hydrogen) atoms. The van der Waals surface area contributed by atoms with Crippen LogP contribution < -0.4 is 5.32 Å². The molecule has 2 rings (SSSR count). The zero-order valence-electron chi connectivity index (χ0n) is 15.3. The van der Waals surface area contributed by atoms with E-state index >= 15 is 0 Å². The topological polar surface area (TPSA) is 62.1 Å². The lowest BCUT2D eigenvalue weighted by Crippen LogP contribution is -2.36. The van der Waals surface area contributed by atoms with Crippen LogP contribution in [0.15, 0.2) is 0 Å². The lowest BCUT2D eigenvalue weighted by Gasteiger charge is -2.30. The number of ether oxygens (including phenoxy) is 1. The molecule has 136 valence electrons. The number of hydrogen-bond donors (Lipinski definition) is 1. The molecule has 0 heterocycles. The summed E-state index contributed by atoms with van der Waals surface area (Å²) in [4.78, 5) is 12.3. The third kappa shape index (κ3) is 6.43. The van der Waals surface area contributed by atoms with Gasteiger partial charge in [-0.05, 0) is 64.3 Å². The number of carbonyl (C=O) groups excluding carboxylic acids is 1. The molecule has 2 saturated carbocycles. The first-order chi connectivity index (χ1) is 11.7. The van der Waals surface area contributed by atoms with Crippen molar-refractivity contribution in [3.8, 4) is 6.07 Å². The molecule has 0 radical (unpaired) electrons. The third-order valence-electron chi connectivity index (χ3n) is 5.66. The van der Waals surface area contributed by atoms with Gasteiger partial charge in [-0.3, -0.25) is 4.79 Å². The first kappa shape index (κ1) is 19.2. The Kier molecular flexibility index (Phi) is 8.59. The van der Waals surface area contributed by atoms with Gasteiger partial charge in [0.1, 0.15) is 6.10 Å². The highest BCUT2D eigenvalue weighted by molar-refractivity contribution is 5.72. The lowest BCUT2D eigenvalue weighted by molar-refractivity contribution is -0.157. The molecule has 0 aliphatic heterocycles. The predicted octanol–water partition coefficient (Wildman–Crippen LogP) is 4.34. The number of nitrogens with one attached hydrogen (secondary N) is 1. The highest BCUT2D eigenvalue weighted by atomic mass is 16.5. The molecule has 0 aromatic rings. The normalized spacial score (nSPS) is 30.5. The molecule has 4 nitrogen and oxygen atoms in total. The van der Waals surface area contributed by atoms with E-state index in [1.807, 2.05) is 0 Å². The van der Waals surface area contributed by atoms with E-state index in [2.05, 4.69) is 18.3 Å². The molecule has 0 aromatic carbocycles. The maximum atomic E-state index is 12.3. The first-order valence-corrected chi connectivity index (χ1v) is 10.1. The minimum atomic E-state index is 0.0109. The Morgan fingerprint density at radius 3 is 2.38 bits per heavy atom. The second-order valence-corrected chi connectivity index (χ2v) is 7.60. The average molecular weight is 335 g/mol. The number of hydrogen-bond acceptors (Lipinski definition) is 4. The van der Waals surface area contributed by atoms with Crippen molar-refractivity contribution in [3.05, 3.63) is 0 Å². The lowest BCUT2D eigenvalue weighted by atomic mass is 9.85. The van der Waals surface area contributed by atoms with Crippen LogP contribution in [0.25, 0.3) is 0 Å². The van der Waals surface area contributed by atoms with Crippen molar-refractivity contribution in [1.29, 1.82) is 5.26 Å². The maximum absolute atomic E-state index is 12.3. The summed E-state index contributed by atoms with van der Waals surface area (Å²) in [5.74, 6) is 0.271. The molecule has 0 atom stereocenters. The van der Waals surface area contributed by atoms with Crippen molar-refractivity contribution in [1.82, 2.24) is 5.32 Å². The van der Waals surface area contributed by atoms with Crippen LogP contribution in [-0.4, -0.2) is 24.7 Å². The van der Waals surface area contributed by atoms with Crippen molar-refractivity contribution >= 4 is 5.97 Å². The van der Waals surface area contributed by atoms with Gasteiger partial charge in [-0.25, -0.2) is 0 Å². The number of nitrogens with zero attached hydrogens (tertiary/aromatic N) is 1. The summed E-state index contributed by atoms with van der Waals surface area (Å²) in [6, 6.07) is 2.91. The van der Waals surface area contributed by atoms with E-state index in [0.29, 0.717) is 6.04 Å². The predicted molar refractivity (Wildman–Crippen MR) is 95.3 cm³/mol.